The van der Waals surface area contributed by atoms with Gasteiger partial charge in [0.1, 0.15) is 5.82 Å². The third-order valence-electron chi connectivity index (χ3n) is 5.46. The summed E-state index contributed by atoms with van der Waals surface area (Å²) in [7, 11) is 0. The van der Waals surface area contributed by atoms with Crippen molar-refractivity contribution in [1.82, 2.24) is 9.66 Å². The van der Waals surface area contributed by atoms with E-state index in [4.69, 9.17) is 5.84 Å². The first-order valence-electron chi connectivity index (χ1n) is 11.0. The lowest BCUT2D eigenvalue weighted by Crippen LogP contribution is -2.14. The van der Waals surface area contributed by atoms with Gasteiger partial charge in [-0.05, 0) is 20.3 Å². The fraction of sp³-hybridized carbons (Fsp3) is 0.864. The van der Waals surface area contributed by atoms with Crippen LogP contribution in [0.1, 0.15) is 120 Å². The van der Waals surface area contributed by atoms with Crippen LogP contribution in [0, 0.1) is 13.8 Å². The highest BCUT2D eigenvalue weighted by atomic mass is 15.3. The Kier molecular flexibility index (Phi) is 12.5. The molecular formula is C22H43N3. The second kappa shape index (κ2) is 14.2. The van der Waals surface area contributed by atoms with Gasteiger partial charge in [0.2, 0.25) is 0 Å². The molecule has 0 unspecified atom stereocenters. The van der Waals surface area contributed by atoms with Gasteiger partial charge in [-0.2, -0.15) is 0 Å². The Labute approximate surface area is 156 Å². The van der Waals surface area contributed by atoms with Gasteiger partial charge in [-0.15, -0.1) is 0 Å². The smallest absolute Gasteiger partial charge is 0.127 e. The number of aryl methyl sites for hydroxylation is 2. The van der Waals surface area contributed by atoms with Crippen LogP contribution in [0.2, 0.25) is 0 Å². The highest BCUT2D eigenvalue weighted by Crippen LogP contribution is 2.14. The number of nitrogen functional groups attached to an aromatic ring is 1. The molecule has 0 amide bonds. The van der Waals surface area contributed by atoms with Crippen molar-refractivity contribution in [1.29, 1.82) is 0 Å². The number of imidazole rings is 1. The first-order chi connectivity index (χ1) is 12.2. The van der Waals surface area contributed by atoms with Crippen LogP contribution in [0.15, 0.2) is 0 Å². The monoisotopic (exact) mass is 349 g/mol. The lowest BCUT2D eigenvalue weighted by molar-refractivity contribution is 0.531. The quantitative estimate of drug-likeness (QED) is 0.269. The van der Waals surface area contributed by atoms with Gasteiger partial charge in [-0.25, -0.2) is 4.98 Å². The highest BCUT2D eigenvalue weighted by molar-refractivity contribution is 5.14. The van der Waals surface area contributed by atoms with E-state index in [0.717, 1.165) is 23.6 Å². The highest BCUT2D eigenvalue weighted by Gasteiger charge is 2.07. The zero-order valence-corrected chi connectivity index (χ0v) is 17.3. The molecule has 0 saturated carbocycles. The molecule has 0 fully saturated rings. The van der Waals surface area contributed by atoms with Gasteiger partial charge in [-0.3, -0.25) is 4.68 Å². The summed E-state index contributed by atoms with van der Waals surface area (Å²) >= 11 is 0. The molecule has 3 heteroatoms. The molecule has 0 radical (unpaired) electrons. The summed E-state index contributed by atoms with van der Waals surface area (Å²) in [5, 5.41) is 0. The van der Waals surface area contributed by atoms with E-state index in [2.05, 4.69) is 11.9 Å². The fourth-order valence-electron chi connectivity index (χ4n) is 3.53. The summed E-state index contributed by atoms with van der Waals surface area (Å²) in [5.41, 5.74) is 2.16. The summed E-state index contributed by atoms with van der Waals surface area (Å²) in [4.78, 5) is 4.55. The van der Waals surface area contributed by atoms with Gasteiger partial charge in [0.05, 0.1) is 11.4 Å². The maximum atomic E-state index is 6.02. The molecule has 0 atom stereocenters. The zero-order chi connectivity index (χ0) is 18.3. The molecule has 0 aliphatic heterocycles. The van der Waals surface area contributed by atoms with Gasteiger partial charge >= 0.3 is 0 Å². The molecule has 0 aromatic carbocycles. The SMILES string of the molecule is CCCCCCCCCCCCCCCCCc1nc(C)c(C)n1N. The topological polar surface area (TPSA) is 43.8 Å². The van der Waals surface area contributed by atoms with E-state index in [1.54, 1.807) is 4.68 Å². The maximum Gasteiger partial charge on any atom is 0.127 e. The first kappa shape index (κ1) is 22.1. The minimum atomic E-state index is 1.02. The van der Waals surface area contributed by atoms with Crippen molar-refractivity contribution in [2.45, 2.75) is 124 Å². The van der Waals surface area contributed by atoms with Crippen molar-refractivity contribution in [2.24, 2.45) is 0 Å². The van der Waals surface area contributed by atoms with Crippen molar-refractivity contribution in [2.75, 3.05) is 5.84 Å². The number of hydrogen-bond acceptors (Lipinski definition) is 2. The molecule has 1 heterocycles. The molecule has 146 valence electrons. The van der Waals surface area contributed by atoms with E-state index >= 15 is 0 Å². The van der Waals surface area contributed by atoms with Crippen LogP contribution in [0.5, 0.6) is 0 Å². The average Bonchev–Trinajstić information content (AvgIpc) is 2.85. The second-order valence-electron chi connectivity index (χ2n) is 7.77. The molecule has 0 saturated heterocycles. The lowest BCUT2D eigenvalue weighted by Gasteiger charge is -2.04. The molecule has 1 aromatic heterocycles. The van der Waals surface area contributed by atoms with Crippen molar-refractivity contribution < 1.29 is 0 Å². The maximum absolute atomic E-state index is 6.02. The summed E-state index contributed by atoms with van der Waals surface area (Å²) in [6.45, 7) is 6.37. The number of aromatic nitrogens is 2. The van der Waals surface area contributed by atoms with E-state index in [1.807, 2.05) is 13.8 Å². The molecule has 0 aliphatic rings. The van der Waals surface area contributed by atoms with Crippen molar-refractivity contribution in [3.63, 3.8) is 0 Å². The Hall–Kier alpha value is -0.990. The predicted molar refractivity (Wildman–Crippen MR) is 110 cm³/mol. The van der Waals surface area contributed by atoms with Crippen molar-refractivity contribution >= 4 is 0 Å². The molecule has 0 spiro atoms. The van der Waals surface area contributed by atoms with Gasteiger partial charge < -0.3 is 5.84 Å². The van der Waals surface area contributed by atoms with Crippen LogP contribution in [-0.4, -0.2) is 9.66 Å². The molecule has 2 N–H and O–H groups in total. The van der Waals surface area contributed by atoms with E-state index in [-0.39, 0.29) is 0 Å². The van der Waals surface area contributed by atoms with E-state index < -0.39 is 0 Å². The molecule has 3 nitrogen and oxygen atoms in total. The van der Waals surface area contributed by atoms with Crippen molar-refractivity contribution in [3.05, 3.63) is 17.2 Å². The summed E-state index contributed by atoms with van der Waals surface area (Å²) in [6.07, 6.45) is 22.1. The molecule has 1 aromatic rings. The second-order valence-corrected chi connectivity index (χ2v) is 7.77. The minimum Gasteiger partial charge on any atom is -0.338 e. The largest absolute Gasteiger partial charge is 0.338 e. The molecular weight excluding hydrogens is 306 g/mol. The number of unbranched alkanes of at least 4 members (excludes halogenated alkanes) is 14. The van der Waals surface area contributed by atoms with Crippen molar-refractivity contribution in [3.8, 4) is 0 Å². The van der Waals surface area contributed by atoms with Gasteiger partial charge in [0.25, 0.3) is 0 Å². The van der Waals surface area contributed by atoms with E-state index in [0.29, 0.717) is 0 Å². The van der Waals surface area contributed by atoms with Crippen LogP contribution in [-0.2, 0) is 6.42 Å². The lowest BCUT2D eigenvalue weighted by atomic mass is 10.0. The number of rotatable bonds is 16. The predicted octanol–water partition coefficient (Wildman–Crippen LogP) is 6.63. The summed E-state index contributed by atoms with van der Waals surface area (Å²) in [5.74, 6) is 7.06. The Morgan fingerprint density at radius 3 is 1.44 bits per heavy atom. The standard InChI is InChI=1S/C22H43N3/c1-4-5-6-7-8-9-10-11-12-13-14-15-16-17-18-19-22-24-20(2)21(3)25(22)23/h4-19,23H2,1-3H3. The summed E-state index contributed by atoms with van der Waals surface area (Å²) in [6, 6.07) is 0. The third-order valence-corrected chi connectivity index (χ3v) is 5.46. The Morgan fingerprint density at radius 2 is 1.08 bits per heavy atom. The summed E-state index contributed by atoms with van der Waals surface area (Å²) < 4.78 is 1.76. The van der Waals surface area contributed by atoms with Crippen LogP contribution in [0.4, 0.5) is 0 Å². The average molecular weight is 350 g/mol. The number of nitrogens with two attached hydrogens (primary N) is 1. The fourth-order valence-corrected chi connectivity index (χ4v) is 3.53. The molecule has 1 rings (SSSR count). The normalized spacial score (nSPS) is 11.3. The van der Waals surface area contributed by atoms with Gasteiger partial charge in [-0.1, -0.05) is 96.8 Å². The van der Waals surface area contributed by atoms with Crippen LogP contribution < -0.4 is 5.84 Å². The van der Waals surface area contributed by atoms with E-state index in [1.165, 1.54) is 96.3 Å². The Balaban J connectivity index is 1.82. The first-order valence-corrected chi connectivity index (χ1v) is 11.0. The van der Waals surface area contributed by atoms with Crippen LogP contribution in [0.3, 0.4) is 0 Å². The van der Waals surface area contributed by atoms with Gasteiger partial charge in [0.15, 0.2) is 0 Å². The zero-order valence-electron chi connectivity index (χ0n) is 17.3. The Bertz CT molecular complexity index is 437. The van der Waals surface area contributed by atoms with Crippen LogP contribution >= 0.6 is 0 Å². The molecule has 0 aliphatic carbocycles. The van der Waals surface area contributed by atoms with Gasteiger partial charge in [0, 0.05) is 6.42 Å². The number of hydrogen-bond donors (Lipinski definition) is 1. The minimum absolute atomic E-state index is 1.02. The van der Waals surface area contributed by atoms with E-state index in [9.17, 15) is 0 Å². The third kappa shape index (κ3) is 9.91. The van der Waals surface area contributed by atoms with Crippen LogP contribution in [0.25, 0.3) is 0 Å². The number of nitrogens with zero attached hydrogens (tertiary/aromatic N) is 2. The Morgan fingerprint density at radius 1 is 0.680 bits per heavy atom. The molecule has 0 bridgehead atoms. The molecule has 25 heavy (non-hydrogen) atoms.